The number of benzene rings is 1. The van der Waals surface area contributed by atoms with Gasteiger partial charge in [0, 0.05) is 12.6 Å². The minimum absolute atomic E-state index is 0.00373. The number of amides is 1. The molecule has 1 atom stereocenters. The summed E-state index contributed by atoms with van der Waals surface area (Å²) in [5, 5.41) is 6.43. The summed E-state index contributed by atoms with van der Waals surface area (Å²) in [5.41, 5.74) is 0.809. The molecule has 28 heavy (non-hydrogen) atoms. The Hall–Kier alpha value is -2.52. The molecule has 1 aliphatic heterocycles. The van der Waals surface area contributed by atoms with Gasteiger partial charge in [0.25, 0.3) is 5.91 Å². The third-order valence-corrected chi connectivity index (χ3v) is 7.41. The van der Waals surface area contributed by atoms with Crippen LogP contribution in [0.25, 0.3) is 16.4 Å². The van der Waals surface area contributed by atoms with Crippen molar-refractivity contribution >= 4 is 27.1 Å². The molecule has 0 bridgehead atoms. The van der Waals surface area contributed by atoms with Gasteiger partial charge in [0.1, 0.15) is 0 Å². The van der Waals surface area contributed by atoms with Crippen LogP contribution in [0, 0.1) is 0 Å². The summed E-state index contributed by atoms with van der Waals surface area (Å²) in [4.78, 5) is 20.1. The van der Waals surface area contributed by atoms with Gasteiger partial charge in [-0.1, -0.05) is 24.3 Å². The van der Waals surface area contributed by atoms with Gasteiger partial charge < -0.3 is 4.90 Å². The van der Waals surface area contributed by atoms with Gasteiger partial charge in [0.15, 0.2) is 15.7 Å². The zero-order valence-electron chi connectivity index (χ0n) is 15.4. The van der Waals surface area contributed by atoms with Gasteiger partial charge in [-0.25, -0.2) is 18.1 Å². The fourth-order valence-corrected chi connectivity index (χ4v) is 5.86. The largest absolute Gasteiger partial charge is 0.332 e. The molecule has 4 rings (SSSR count). The fraction of sp³-hybridized carbons (Fsp3) is 0.316. The number of carbonyl (C=O) groups excluding carboxylic acids is 1. The van der Waals surface area contributed by atoms with Gasteiger partial charge in [0.2, 0.25) is 5.82 Å². The Morgan fingerprint density at radius 1 is 1.25 bits per heavy atom. The van der Waals surface area contributed by atoms with Gasteiger partial charge in [-0.3, -0.25) is 4.79 Å². The van der Waals surface area contributed by atoms with E-state index in [0.717, 1.165) is 10.6 Å². The lowest BCUT2D eigenvalue weighted by Crippen LogP contribution is -2.41. The van der Waals surface area contributed by atoms with Crippen molar-refractivity contribution in [3.63, 3.8) is 0 Å². The number of nitrogens with zero attached hydrogens (tertiary/aromatic N) is 4. The van der Waals surface area contributed by atoms with Crippen LogP contribution in [0.15, 0.2) is 47.8 Å². The normalized spacial score (nSPS) is 18.2. The second-order valence-electron chi connectivity index (χ2n) is 6.63. The minimum Gasteiger partial charge on any atom is -0.332 e. The van der Waals surface area contributed by atoms with E-state index in [0.29, 0.717) is 18.8 Å². The highest BCUT2D eigenvalue weighted by Gasteiger charge is 2.35. The number of rotatable bonds is 5. The number of thiophene rings is 1. The summed E-state index contributed by atoms with van der Waals surface area (Å²) in [6.45, 7) is 2.25. The Morgan fingerprint density at radius 2 is 2.04 bits per heavy atom. The lowest BCUT2D eigenvalue weighted by Gasteiger charge is -2.25. The lowest BCUT2D eigenvalue weighted by molar-refractivity contribution is 0.0696. The summed E-state index contributed by atoms with van der Waals surface area (Å²) in [5.74, 6) is 0.465. The molecular formula is C19H20N4O3S2. The van der Waals surface area contributed by atoms with Crippen LogP contribution in [0.2, 0.25) is 0 Å². The summed E-state index contributed by atoms with van der Waals surface area (Å²) >= 11 is 1.52. The van der Waals surface area contributed by atoms with Crippen molar-refractivity contribution in [2.24, 2.45) is 0 Å². The molecule has 9 heteroatoms. The highest BCUT2D eigenvalue weighted by Crippen LogP contribution is 2.26. The summed E-state index contributed by atoms with van der Waals surface area (Å²) in [6.07, 6.45) is 0.457. The molecule has 0 radical (unpaired) electrons. The molecule has 1 saturated heterocycles. The first-order chi connectivity index (χ1) is 13.5. The Bertz CT molecular complexity index is 1080. The molecule has 1 aromatic carbocycles. The Morgan fingerprint density at radius 3 is 2.64 bits per heavy atom. The third-order valence-electron chi connectivity index (χ3n) is 4.79. The number of carbonyl (C=O) groups is 1. The molecule has 0 N–H and O–H groups in total. The summed E-state index contributed by atoms with van der Waals surface area (Å²) in [6, 6.07) is 13.1. The van der Waals surface area contributed by atoms with Crippen LogP contribution in [0.5, 0.6) is 0 Å². The predicted molar refractivity (Wildman–Crippen MR) is 108 cm³/mol. The highest BCUT2D eigenvalue weighted by atomic mass is 32.2. The molecule has 1 fully saturated rings. The van der Waals surface area contributed by atoms with E-state index >= 15 is 0 Å². The smallest absolute Gasteiger partial charge is 0.293 e. The van der Waals surface area contributed by atoms with E-state index in [1.165, 1.54) is 11.3 Å². The topological polar surface area (TPSA) is 85.2 Å². The molecule has 7 nitrogen and oxygen atoms in total. The Labute approximate surface area is 167 Å². The minimum atomic E-state index is -3.09. The molecule has 3 heterocycles. The van der Waals surface area contributed by atoms with Crippen molar-refractivity contribution in [3.05, 3.63) is 53.7 Å². The summed E-state index contributed by atoms with van der Waals surface area (Å²) in [7, 11) is -3.09. The van der Waals surface area contributed by atoms with E-state index in [2.05, 4.69) is 10.1 Å². The van der Waals surface area contributed by atoms with Crippen LogP contribution < -0.4 is 0 Å². The number of para-hydroxylation sites is 1. The van der Waals surface area contributed by atoms with Crippen LogP contribution in [0.1, 0.15) is 24.0 Å². The molecule has 1 aliphatic rings. The molecular weight excluding hydrogens is 396 g/mol. The lowest BCUT2D eigenvalue weighted by atomic mass is 10.2. The standard InChI is InChI=1S/C19H20N4O3S2/c1-2-22(15-10-12-28(25,26)13-15)19(24)17-20-18(16-9-6-11-27-16)23(21-17)14-7-4-3-5-8-14/h3-9,11,15H,2,10,12-13H2,1H3. The van der Waals surface area contributed by atoms with E-state index in [9.17, 15) is 13.2 Å². The van der Waals surface area contributed by atoms with Crippen LogP contribution in [-0.2, 0) is 9.84 Å². The van der Waals surface area contributed by atoms with Crippen molar-refractivity contribution in [3.8, 4) is 16.4 Å². The second-order valence-corrected chi connectivity index (χ2v) is 9.81. The maximum absolute atomic E-state index is 13.1. The zero-order chi connectivity index (χ0) is 19.7. The van der Waals surface area contributed by atoms with Crippen LogP contribution in [0.4, 0.5) is 0 Å². The van der Waals surface area contributed by atoms with Gasteiger partial charge in [-0.2, -0.15) is 0 Å². The molecule has 0 saturated carbocycles. The maximum atomic E-state index is 13.1. The summed E-state index contributed by atoms with van der Waals surface area (Å²) < 4.78 is 25.4. The van der Waals surface area contributed by atoms with Crippen LogP contribution >= 0.6 is 11.3 Å². The molecule has 0 aliphatic carbocycles. The highest BCUT2D eigenvalue weighted by molar-refractivity contribution is 7.91. The van der Waals surface area contributed by atoms with Gasteiger partial charge >= 0.3 is 0 Å². The molecule has 1 unspecified atom stereocenters. The van der Waals surface area contributed by atoms with Crippen molar-refractivity contribution < 1.29 is 13.2 Å². The Balaban J connectivity index is 1.72. The van der Waals surface area contributed by atoms with Gasteiger partial charge in [0.05, 0.1) is 22.1 Å². The van der Waals surface area contributed by atoms with Crippen molar-refractivity contribution in [2.75, 3.05) is 18.1 Å². The van der Waals surface area contributed by atoms with Gasteiger partial charge in [-0.15, -0.1) is 16.4 Å². The van der Waals surface area contributed by atoms with E-state index in [-0.39, 0.29) is 29.3 Å². The number of hydrogen-bond acceptors (Lipinski definition) is 6. The Kier molecular flexibility index (Phi) is 5.03. The quantitative estimate of drug-likeness (QED) is 0.638. The van der Waals surface area contributed by atoms with E-state index in [1.54, 1.807) is 9.58 Å². The van der Waals surface area contributed by atoms with Gasteiger partial charge in [-0.05, 0) is 36.9 Å². The monoisotopic (exact) mass is 416 g/mol. The van der Waals surface area contributed by atoms with Crippen molar-refractivity contribution in [2.45, 2.75) is 19.4 Å². The SMILES string of the molecule is CCN(C(=O)c1nc(-c2cccs2)n(-c2ccccc2)n1)C1CCS(=O)(=O)C1. The van der Waals surface area contributed by atoms with Crippen LogP contribution in [0.3, 0.4) is 0 Å². The fourth-order valence-electron chi connectivity index (χ4n) is 3.43. The maximum Gasteiger partial charge on any atom is 0.293 e. The van der Waals surface area contributed by atoms with Crippen molar-refractivity contribution in [1.82, 2.24) is 19.7 Å². The average Bonchev–Trinajstić information content (AvgIpc) is 3.42. The van der Waals surface area contributed by atoms with E-state index in [1.807, 2.05) is 54.8 Å². The molecule has 2 aromatic heterocycles. The number of hydrogen-bond donors (Lipinski definition) is 0. The molecule has 146 valence electrons. The second kappa shape index (κ2) is 7.48. The van der Waals surface area contributed by atoms with E-state index in [4.69, 9.17) is 0 Å². The number of sulfone groups is 1. The molecule has 0 spiro atoms. The van der Waals surface area contributed by atoms with E-state index < -0.39 is 9.84 Å². The van der Waals surface area contributed by atoms with Crippen LogP contribution in [-0.4, -0.2) is 58.1 Å². The number of aromatic nitrogens is 3. The van der Waals surface area contributed by atoms with Crippen molar-refractivity contribution in [1.29, 1.82) is 0 Å². The molecule has 3 aromatic rings. The third kappa shape index (κ3) is 3.59. The average molecular weight is 417 g/mol. The first-order valence-corrected chi connectivity index (χ1v) is 11.8. The first-order valence-electron chi connectivity index (χ1n) is 9.06. The zero-order valence-corrected chi connectivity index (χ0v) is 17.0. The molecule has 1 amide bonds. The first kappa shape index (κ1) is 18.8. The predicted octanol–water partition coefficient (Wildman–Crippen LogP) is 2.65.